The topological polar surface area (TPSA) is 56.0 Å². The normalized spacial score (nSPS) is 10.9. The second kappa shape index (κ2) is 5.85. The quantitative estimate of drug-likeness (QED) is 0.810. The molecule has 1 aromatic rings. The summed E-state index contributed by atoms with van der Waals surface area (Å²) in [7, 11) is 0. The van der Waals surface area contributed by atoms with Crippen LogP contribution < -0.4 is 5.73 Å². The first kappa shape index (κ1) is 12.2. The average molecular weight is 226 g/mol. The third-order valence-corrected chi connectivity index (χ3v) is 3.59. The van der Waals surface area contributed by atoms with Gasteiger partial charge in [0.1, 0.15) is 0 Å². The van der Waals surface area contributed by atoms with Gasteiger partial charge >= 0.3 is 0 Å². The molecule has 3 nitrogen and oxygen atoms in total. The van der Waals surface area contributed by atoms with E-state index >= 15 is 0 Å². The molecule has 0 bridgehead atoms. The van der Waals surface area contributed by atoms with Crippen molar-refractivity contribution in [3.63, 3.8) is 0 Å². The summed E-state index contributed by atoms with van der Waals surface area (Å²) in [5, 5.41) is 0.433. The van der Waals surface area contributed by atoms with Gasteiger partial charge in [0.25, 0.3) is 5.91 Å². The summed E-state index contributed by atoms with van der Waals surface area (Å²) in [5.41, 5.74) is 5.18. The van der Waals surface area contributed by atoms with Gasteiger partial charge in [-0.25, -0.2) is 4.98 Å². The van der Waals surface area contributed by atoms with Crippen molar-refractivity contribution in [2.45, 2.75) is 45.4 Å². The van der Waals surface area contributed by atoms with Crippen LogP contribution in [0.1, 0.15) is 60.1 Å². The zero-order valence-corrected chi connectivity index (χ0v) is 10.1. The van der Waals surface area contributed by atoms with E-state index in [2.05, 4.69) is 18.8 Å². The first-order valence-corrected chi connectivity index (χ1v) is 6.26. The minimum atomic E-state index is -0.419. The monoisotopic (exact) mass is 226 g/mol. The molecule has 1 amide bonds. The van der Waals surface area contributed by atoms with Crippen LogP contribution in [0, 0.1) is 0 Å². The van der Waals surface area contributed by atoms with Crippen LogP contribution in [0.4, 0.5) is 0 Å². The van der Waals surface area contributed by atoms with Gasteiger partial charge in [-0.05, 0) is 18.8 Å². The highest BCUT2D eigenvalue weighted by molar-refractivity contribution is 7.13. The van der Waals surface area contributed by atoms with E-state index in [1.165, 1.54) is 16.2 Å². The molecular formula is C11H18N2OS. The van der Waals surface area contributed by atoms with Crippen LogP contribution in [0.3, 0.4) is 0 Å². The molecule has 0 saturated carbocycles. The fraction of sp³-hybridized carbons (Fsp3) is 0.636. The van der Waals surface area contributed by atoms with Gasteiger partial charge in [-0.15, -0.1) is 11.3 Å². The lowest BCUT2D eigenvalue weighted by molar-refractivity contribution is 0.1000. The van der Waals surface area contributed by atoms with Crippen molar-refractivity contribution >= 4 is 17.2 Å². The Morgan fingerprint density at radius 1 is 1.47 bits per heavy atom. The molecule has 1 heterocycles. The Morgan fingerprint density at radius 2 is 2.07 bits per heavy atom. The predicted octanol–water partition coefficient (Wildman–Crippen LogP) is 2.93. The third-order valence-electron chi connectivity index (χ3n) is 2.41. The number of rotatable bonds is 6. The third kappa shape index (κ3) is 3.30. The van der Waals surface area contributed by atoms with E-state index in [4.69, 9.17) is 5.73 Å². The van der Waals surface area contributed by atoms with Crippen LogP contribution in [-0.4, -0.2) is 10.9 Å². The minimum Gasteiger partial charge on any atom is -0.364 e. The molecule has 0 aliphatic heterocycles. The molecule has 2 N–H and O–H groups in total. The Bertz CT molecular complexity index is 316. The van der Waals surface area contributed by atoms with Crippen LogP contribution in [0.15, 0.2) is 6.20 Å². The highest BCUT2D eigenvalue weighted by Crippen LogP contribution is 2.30. The predicted molar refractivity (Wildman–Crippen MR) is 63.2 cm³/mol. The SMILES string of the molecule is CCCC(CCC)c1cnc(C(N)=O)s1. The molecule has 84 valence electrons. The van der Waals surface area contributed by atoms with E-state index in [0.29, 0.717) is 10.9 Å². The van der Waals surface area contributed by atoms with Gasteiger partial charge in [-0.3, -0.25) is 4.79 Å². The van der Waals surface area contributed by atoms with Crippen LogP contribution in [0.2, 0.25) is 0 Å². The van der Waals surface area contributed by atoms with Crippen molar-refractivity contribution in [2.24, 2.45) is 5.73 Å². The number of primary amides is 1. The summed E-state index contributed by atoms with van der Waals surface area (Å²) >= 11 is 1.44. The van der Waals surface area contributed by atoms with Crippen molar-refractivity contribution in [2.75, 3.05) is 0 Å². The summed E-state index contributed by atoms with van der Waals surface area (Å²) in [6, 6.07) is 0. The van der Waals surface area contributed by atoms with Gasteiger partial charge in [0, 0.05) is 11.1 Å². The van der Waals surface area contributed by atoms with Gasteiger partial charge in [0.05, 0.1) is 0 Å². The van der Waals surface area contributed by atoms with Crippen LogP contribution in [-0.2, 0) is 0 Å². The van der Waals surface area contributed by atoms with Crippen LogP contribution in [0.5, 0.6) is 0 Å². The largest absolute Gasteiger partial charge is 0.364 e. The Kier molecular flexibility index (Phi) is 4.75. The van der Waals surface area contributed by atoms with Crippen LogP contribution in [0.25, 0.3) is 0 Å². The molecule has 1 aromatic heterocycles. The maximum absolute atomic E-state index is 10.9. The van der Waals surface area contributed by atoms with E-state index in [0.717, 1.165) is 25.7 Å². The smallest absolute Gasteiger partial charge is 0.277 e. The highest BCUT2D eigenvalue weighted by Gasteiger charge is 2.15. The number of nitrogens with zero attached hydrogens (tertiary/aromatic N) is 1. The zero-order chi connectivity index (χ0) is 11.3. The molecule has 0 aliphatic rings. The summed E-state index contributed by atoms with van der Waals surface area (Å²) in [6.07, 6.45) is 6.45. The Hall–Kier alpha value is -0.900. The lowest BCUT2D eigenvalue weighted by atomic mass is 9.97. The Labute approximate surface area is 94.7 Å². The summed E-state index contributed by atoms with van der Waals surface area (Å²) in [6.45, 7) is 4.36. The van der Waals surface area contributed by atoms with E-state index in [1.54, 1.807) is 6.20 Å². The maximum atomic E-state index is 10.9. The standard InChI is InChI=1S/C11H18N2OS/c1-3-5-8(6-4-2)9-7-13-11(15-9)10(12)14/h7-8H,3-6H2,1-2H3,(H2,12,14). The number of hydrogen-bond acceptors (Lipinski definition) is 3. The van der Waals surface area contributed by atoms with E-state index in [9.17, 15) is 4.79 Å². The number of carbonyl (C=O) groups excluding carboxylic acids is 1. The van der Waals surface area contributed by atoms with Gasteiger partial charge in [-0.2, -0.15) is 0 Å². The molecular weight excluding hydrogens is 208 g/mol. The molecule has 0 radical (unpaired) electrons. The lowest BCUT2D eigenvalue weighted by Crippen LogP contribution is -2.09. The van der Waals surface area contributed by atoms with E-state index < -0.39 is 5.91 Å². The summed E-state index contributed by atoms with van der Waals surface area (Å²) in [5.74, 6) is 0.128. The second-order valence-electron chi connectivity index (χ2n) is 3.71. The first-order chi connectivity index (χ1) is 7.19. The molecule has 15 heavy (non-hydrogen) atoms. The minimum absolute atomic E-state index is 0.419. The first-order valence-electron chi connectivity index (χ1n) is 5.44. The van der Waals surface area contributed by atoms with Gasteiger partial charge < -0.3 is 5.73 Å². The molecule has 1 rings (SSSR count). The van der Waals surface area contributed by atoms with Gasteiger partial charge in [0.15, 0.2) is 5.01 Å². The number of nitrogens with two attached hydrogens (primary N) is 1. The zero-order valence-electron chi connectivity index (χ0n) is 9.32. The van der Waals surface area contributed by atoms with Crippen molar-refractivity contribution in [3.05, 3.63) is 16.1 Å². The molecule has 0 atom stereocenters. The average Bonchev–Trinajstić information content (AvgIpc) is 2.66. The fourth-order valence-electron chi connectivity index (χ4n) is 1.72. The molecule has 0 unspecified atom stereocenters. The molecule has 0 saturated heterocycles. The highest BCUT2D eigenvalue weighted by atomic mass is 32.1. The van der Waals surface area contributed by atoms with Crippen molar-refractivity contribution in [1.29, 1.82) is 0 Å². The Balaban J connectivity index is 2.76. The number of hydrogen-bond donors (Lipinski definition) is 1. The number of carbonyl (C=O) groups is 1. The number of amides is 1. The van der Waals surface area contributed by atoms with Crippen molar-refractivity contribution < 1.29 is 4.79 Å². The number of thiazole rings is 1. The van der Waals surface area contributed by atoms with Crippen molar-refractivity contribution in [3.8, 4) is 0 Å². The summed E-state index contributed by atoms with van der Waals surface area (Å²) < 4.78 is 0. The van der Waals surface area contributed by atoms with Gasteiger partial charge in [0.2, 0.25) is 0 Å². The number of aromatic nitrogens is 1. The van der Waals surface area contributed by atoms with Gasteiger partial charge in [-0.1, -0.05) is 26.7 Å². The maximum Gasteiger partial charge on any atom is 0.277 e. The fourth-order valence-corrected chi connectivity index (χ4v) is 2.65. The molecule has 0 aromatic carbocycles. The molecule has 0 fully saturated rings. The second-order valence-corrected chi connectivity index (χ2v) is 4.77. The Morgan fingerprint density at radius 3 is 2.47 bits per heavy atom. The van der Waals surface area contributed by atoms with E-state index in [1.807, 2.05) is 0 Å². The summed E-state index contributed by atoms with van der Waals surface area (Å²) in [4.78, 5) is 16.2. The molecule has 0 aliphatic carbocycles. The van der Waals surface area contributed by atoms with Crippen LogP contribution >= 0.6 is 11.3 Å². The van der Waals surface area contributed by atoms with E-state index in [-0.39, 0.29) is 0 Å². The molecule has 0 spiro atoms. The van der Waals surface area contributed by atoms with Crippen molar-refractivity contribution in [1.82, 2.24) is 4.98 Å². The molecule has 4 heteroatoms. The lowest BCUT2D eigenvalue weighted by Gasteiger charge is -2.11.